The van der Waals surface area contributed by atoms with Crippen molar-refractivity contribution in [2.45, 2.75) is 56.8 Å². The lowest BCUT2D eigenvalue weighted by molar-refractivity contribution is -0.118. The van der Waals surface area contributed by atoms with Crippen LogP contribution in [0.4, 0.5) is 0 Å². The van der Waals surface area contributed by atoms with Gasteiger partial charge in [-0.2, -0.15) is 0 Å². The molecule has 1 aromatic carbocycles. The highest BCUT2D eigenvalue weighted by Gasteiger charge is 2.24. The Morgan fingerprint density at radius 1 is 1.27 bits per heavy atom. The second-order valence-electron chi connectivity index (χ2n) is 7.01. The molecule has 1 aliphatic carbocycles. The van der Waals surface area contributed by atoms with E-state index in [1.54, 1.807) is 0 Å². The van der Waals surface area contributed by atoms with E-state index in [-0.39, 0.29) is 12.0 Å². The first-order valence-corrected chi connectivity index (χ1v) is 10.0. The summed E-state index contributed by atoms with van der Waals surface area (Å²) in [6, 6.07) is 8.53. The van der Waals surface area contributed by atoms with Gasteiger partial charge in [0.15, 0.2) is 17.1 Å². The van der Waals surface area contributed by atoms with Crippen LogP contribution in [0.1, 0.15) is 57.0 Å². The molecule has 140 valence electrons. The van der Waals surface area contributed by atoms with Gasteiger partial charge in [0.05, 0.1) is 5.75 Å². The van der Waals surface area contributed by atoms with Crippen molar-refractivity contribution >= 4 is 17.7 Å². The zero-order valence-electron chi connectivity index (χ0n) is 15.7. The van der Waals surface area contributed by atoms with Crippen molar-refractivity contribution < 1.29 is 9.53 Å². The molecule has 1 unspecified atom stereocenters. The molecule has 0 aliphatic heterocycles. The summed E-state index contributed by atoms with van der Waals surface area (Å²) in [4.78, 5) is 11.8. The Morgan fingerprint density at radius 2 is 1.96 bits per heavy atom. The van der Waals surface area contributed by atoms with Crippen LogP contribution in [0.5, 0.6) is 5.75 Å². The van der Waals surface area contributed by atoms with Gasteiger partial charge in [-0.15, -0.1) is 10.2 Å². The van der Waals surface area contributed by atoms with Gasteiger partial charge in [0.2, 0.25) is 5.91 Å². The molecule has 0 saturated heterocycles. The van der Waals surface area contributed by atoms with Gasteiger partial charge in [0.25, 0.3) is 0 Å². The molecule has 2 aromatic rings. The summed E-state index contributed by atoms with van der Waals surface area (Å²) in [5, 5.41) is 12.1. The van der Waals surface area contributed by atoms with Gasteiger partial charge >= 0.3 is 0 Å². The highest BCUT2D eigenvalue weighted by atomic mass is 32.2. The first kappa shape index (κ1) is 18.8. The number of rotatable bonds is 8. The summed E-state index contributed by atoms with van der Waals surface area (Å²) in [6.45, 7) is 6.29. The molecule has 6 nitrogen and oxygen atoms in total. The van der Waals surface area contributed by atoms with Crippen LogP contribution in [0.3, 0.4) is 0 Å². The van der Waals surface area contributed by atoms with Crippen molar-refractivity contribution in [2.75, 3.05) is 5.75 Å². The van der Waals surface area contributed by atoms with Gasteiger partial charge < -0.3 is 14.6 Å². The fourth-order valence-electron chi connectivity index (χ4n) is 2.62. The minimum absolute atomic E-state index is 0.0524. The molecule has 7 heteroatoms. The molecule has 1 aromatic heterocycles. The minimum atomic E-state index is -0.230. The van der Waals surface area contributed by atoms with Crippen LogP contribution >= 0.6 is 11.8 Å². The van der Waals surface area contributed by atoms with E-state index in [1.807, 2.05) is 30.7 Å². The second kappa shape index (κ2) is 8.12. The summed E-state index contributed by atoms with van der Waals surface area (Å²) in [6.07, 6.45) is 1.96. The fraction of sp³-hybridized carbons (Fsp3) is 0.526. The maximum absolute atomic E-state index is 11.8. The third kappa shape index (κ3) is 4.78. The molecule has 1 saturated carbocycles. The van der Waals surface area contributed by atoms with Crippen molar-refractivity contribution in [1.29, 1.82) is 0 Å². The number of benzene rings is 1. The smallest absolute Gasteiger partial charge is 0.230 e. The molecular formula is C19H26N4O2S. The number of thioether (sulfide) groups is 1. The standard InChI is InChI=1S/C19H26N4O2S/c1-12(2)14-5-9-16(10-6-14)25-13(3)18-21-22-19(23(18)4)26-11-17(24)20-15-7-8-15/h5-6,9-10,12-13,15H,7-8,11H2,1-4H3,(H,20,24). The van der Waals surface area contributed by atoms with Crippen molar-refractivity contribution in [3.05, 3.63) is 35.7 Å². The van der Waals surface area contributed by atoms with Crippen molar-refractivity contribution in [3.8, 4) is 5.75 Å². The van der Waals surface area contributed by atoms with E-state index in [1.165, 1.54) is 17.3 Å². The van der Waals surface area contributed by atoms with Gasteiger partial charge in [-0.1, -0.05) is 37.7 Å². The lowest BCUT2D eigenvalue weighted by Gasteiger charge is -2.15. The Bertz CT molecular complexity index is 753. The summed E-state index contributed by atoms with van der Waals surface area (Å²) in [7, 11) is 1.90. The average Bonchev–Trinajstić information content (AvgIpc) is 3.34. The Kier molecular flexibility index (Phi) is 5.86. The predicted molar refractivity (Wildman–Crippen MR) is 102 cm³/mol. The molecule has 0 bridgehead atoms. The molecule has 1 aliphatic rings. The van der Waals surface area contributed by atoms with Crippen molar-refractivity contribution in [1.82, 2.24) is 20.1 Å². The Balaban J connectivity index is 1.57. The summed E-state index contributed by atoms with van der Waals surface area (Å²) >= 11 is 1.40. The number of ether oxygens (including phenoxy) is 1. The third-order valence-corrected chi connectivity index (χ3v) is 5.39. The SMILES string of the molecule is CC(C)c1ccc(OC(C)c2nnc(SCC(=O)NC3CC3)n2C)cc1. The van der Waals surface area contributed by atoms with Crippen LogP contribution in [0.15, 0.2) is 29.4 Å². The van der Waals surface area contributed by atoms with Crippen LogP contribution < -0.4 is 10.1 Å². The Morgan fingerprint density at radius 3 is 2.58 bits per heavy atom. The third-order valence-electron chi connectivity index (χ3n) is 4.37. The summed E-state index contributed by atoms with van der Waals surface area (Å²) in [5.41, 5.74) is 1.28. The van der Waals surface area contributed by atoms with Gasteiger partial charge in [-0.3, -0.25) is 4.79 Å². The number of aromatic nitrogens is 3. The molecule has 1 heterocycles. The van der Waals surface area contributed by atoms with Crippen molar-refractivity contribution in [3.63, 3.8) is 0 Å². The zero-order valence-corrected chi connectivity index (χ0v) is 16.5. The molecule has 1 atom stereocenters. The number of carbonyl (C=O) groups is 1. The minimum Gasteiger partial charge on any atom is -0.483 e. The van der Waals surface area contributed by atoms with E-state index in [0.717, 1.165) is 29.6 Å². The Labute approximate surface area is 158 Å². The van der Waals surface area contributed by atoms with Gasteiger partial charge in [0.1, 0.15) is 5.75 Å². The number of nitrogens with one attached hydrogen (secondary N) is 1. The maximum Gasteiger partial charge on any atom is 0.230 e. The van der Waals surface area contributed by atoms with Crippen molar-refractivity contribution in [2.24, 2.45) is 7.05 Å². The highest BCUT2D eigenvalue weighted by Crippen LogP contribution is 2.25. The fourth-order valence-corrected chi connectivity index (χ4v) is 3.35. The molecule has 1 N–H and O–H groups in total. The first-order chi connectivity index (χ1) is 12.4. The van der Waals surface area contributed by atoms with E-state index < -0.39 is 0 Å². The number of hydrogen-bond donors (Lipinski definition) is 1. The number of nitrogens with zero attached hydrogens (tertiary/aromatic N) is 3. The van der Waals surface area contributed by atoms with Crippen LogP contribution in [0, 0.1) is 0 Å². The maximum atomic E-state index is 11.8. The van der Waals surface area contributed by atoms with Crippen LogP contribution in [0.2, 0.25) is 0 Å². The molecule has 0 spiro atoms. The predicted octanol–water partition coefficient (Wildman–Crippen LogP) is 3.45. The average molecular weight is 375 g/mol. The molecule has 1 fully saturated rings. The number of amides is 1. The lowest BCUT2D eigenvalue weighted by Crippen LogP contribution is -2.27. The Hall–Kier alpha value is -2.02. The van der Waals surface area contributed by atoms with E-state index >= 15 is 0 Å². The largest absolute Gasteiger partial charge is 0.483 e. The van der Waals surface area contributed by atoms with Crippen LogP contribution in [-0.4, -0.2) is 32.5 Å². The van der Waals surface area contributed by atoms with Gasteiger partial charge in [-0.25, -0.2) is 0 Å². The van der Waals surface area contributed by atoms with Crippen LogP contribution in [0.25, 0.3) is 0 Å². The van der Waals surface area contributed by atoms with Gasteiger partial charge in [0, 0.05) is 13.1 Å². The lowest BCUT2D eigenvalue weighted by atomic mass is 10.0. The molecule has 1 amide bonds. The quantitative estimate of drug-likeness (QED) is 0.717. The molecule has 0 radical (unpaired) electrons. The van der Waals surface area contributed by atoms with Crippen LogP contribution in [-0.2, 0) is 11.8 Å². The van der Waals surface area contributed by atoms with E-state index in [4.69, 9.17) is 4.74 Å². The topological polar surface area (TPSA) is 69.0 Å². The first-order valence-electron chi connectivity index (χ1n) is 9.02. The monoisotopic (exact) mass is 374 g/mol. The van der Waals surface area contributed by atoms with E-state index in [2.05, 4.69) is 41.5 Å². The van der Waals surface area contributed by atoms with E-state index in [0.29, 0.717) is 17.7 Å². The zero-order chi connectivity index (χ0) is 18.7. The number of carbonyl (C=O) groups excluding carboxylic acids is 1. The van der Waals surface area contributed by atoms with E-state index in [9.17, 15) is 4.79 Å². The summed E-state index contributed by atoms with van der Waals surface area (Å²) < 4.78 is 7.89. The molecular weight excluding hydrogens is 348 g/mol. The summed E-state index contributed by atoms with van der Waals surface area (Å²) in [5.74, 6) is 2.45. The molecule has 26 heavy (non-hydrogen) atoms. The number of hydrogen-bond acceptors (Lipinski definition) is 5. The van der Waals surface area contributed by atoms with Gasteiger partial charge in [-0.05, 0) is 43.4 Å². The normalized spacial score (nSPS) is 15.1. The molecule has 3 rings (SSSR count). The second-order valence-corrected chi connectivity index (χ2v) is 7.96. The highest BCUT2D eigenvalue weighted by molar-refractivity contribution is 7.99.